The monoisotopic (exact) mass is 366 g/mol. The molecule has 1 amide bonds. The predicted molar refractivity (Wildman–Crippen MR) is 89.9 cm³/mol. The quantitative estimate of drug-likeness (QED) is 0.841. The number of piperidine rings is 1. The molecule has 22 heavy (non-hydrogen) atoms. The van der Waals surface area contributed by atoms with Crippen molar-refractivity contribution in [2.24, 2.45) is 17.8 Å². The molecular formula is C17H23BrN2O2. The summed E-state index contributed by atoms with van der Waals surface area (Å²) in [4.78, 5) is 12.4. The molecule has 5 heteroatoms. The zero-order valence-corrected chi connectivity index (χ0v) is 14.9. The number of ether oxygens (including phenoxy) is 1. The second-order valence-corrected chi connectivity index (χ2v) is 8.00. The Hall–Kier alpha value is -1.07. The second kappa shape index (κ2) is 5.85. The molecule has 2 atom stereocenters. The van der Waals surface area contributed by atoms with Crippen LogP contribution in [0.2, 0.25) is 0 Å². The van der Waals surface area contributed by atoms with Crippen molar-refractivity contribution in [3.8, 4) is 5.75 Å². The lowest BCUT2D eigenvalue weighted by Crippen LogP contribution is -2.49. The van der Waals surface area contributed by atoms with Gasteiger partial charge in [0.2, 0.25) is 5.91 Å². The molecule has 1 aromatic rings. The molecule has 2 fully saturated rings. The molecule has 0 aromatic heterocycles. The summed E-state index contributed by atoms with van der Waals surface area (Å²) in [5, 5.41) is 6.47. The summed E-state index contributed by atoms with van der Waals surface area (Å²) in [6.07, 6.45) is 0. The molecule has 4 nitrogen and oxygen atoms in total. The van der Waals surface area contributed by atoms with Gasteiger partial charge in [0.05, 0.1) is 5.54 Å². The molecule has 120 valence electrons. The number of rotatable bonds is 5. The number of hydrogen-bond acceptors (Lipinski definition) is 3. The lowest BCUT2D eigenvalue weighted by atomic mass is 10.1. The molecular weight excluding hydrogens is 344 g/mol. The molecule has 0 radical (unpaired) electrons. The van der Waals surface area contributed by atoms with Crippen LogP contribution < -0.4 is 15.4 Å². The Morgan fingerprint density at radius 2 is 2.09 bits per heavy atom. The Morgan fingerprint density at radius 3 is 2.73 bits per heavy atom. The SMILES string of the molecule is Cc1cc(Br)ccc1OCC(C)(C)NC(=O)C1C2CNCC21. The molecule has 2 aliphatic rings. The van der Waals surface area contributed by atoms with Gasteiger partial charge < -0.3 is 15.4 Å². The molecule has 2 N–H and O–H groups in total. The summed E-state index contributed by atoms with van der Waals surface area (Å²) in [6.45, 7) is 8.46. The minimum absolute atomic E-state index is 0.178. The second-order valence-electron chi connectivity index (χ2n) is 7.08. The topological polar surface area (TPSA) is 50.4 Å². The van der Waals surface area contributed by atoms with Gasteiger partial charge >= 0.3 is 0 Å². The molecule has 0 bridgehead atoms. The highest BCUT2D eigenvalue weighted by molar-refractivity contribution is 9.10. The van der Waals surface area contributed by atoms with Gasteiger partial charge in [0.15, 0.2) is 0 Å². The normalized spacial score (nSPS) is 26.5. The van der Waals surface area contributed by atoms with Gasteiger partial charge in [-0.1, -0.05) is 15.9 Å². The van der Waals surface area contributed by atoms with Crippen LogP contribution >= 0.6 is 15.9 Å². The summed E-state index contributed by atoms with van der Waals surface area (Å²) < 4.78 is 6.94. The maximum atomic E-state index is 12.4. The van der Waals surface area contributed by atoms with Crippen molar-refractivity contribution in [3.63, 3.8) is 0 Å². The number of fused-ring (bicyclic) bond motifs is 1. The van der Waals surface area contributed by atoms with E-state index in [1.807, 2.05) is 39.0 Å². The molecule has 0 spiro atoms. The zero-order chi connectivity index (χ0) is 15.9. The number of aryl methyl sites for hydroxylation is 1. The van der Waals surface area contributed by atoms with Crippen molar-refractivity contribution in [1.29, 1.82) is 0 Å². The van der Waals surface area contributed by atoms with Crippen molar-refractivity contribution in [3.05, 3.63) is 28.2 Å². The Kier molecular flexibility index (Phi) is 4.21. The highest BCUT2D eigenvalue weighted by atomic mass is 79.9. The summed E-state index contributed by atoms with van der Waals surface area (Å²) in [7, 11) is 0. The van der Waals surface area contributed by atoms with Crippen LogP contribution in [0.25, 0.3) is 0 Å². The number of carbonyl (C=O) groups is 1. The number of amides is 1. The van der Waals surface area contributed by atoms with E-state index in [-0.39, 0.29) is 17.4 Å². The van der Waals surface area contributed by atoms with Gasteiger partial charge in [-0.05, 0) is 69.5 Å². The molecule has 1 aliphatic heterocycles. The van der Waals surface area contributed by atoms with Crippen LogP contribution in [0.1, 0.15) is 19.4 Å². The standard InChI is InChI=1S/C17H23BrN2O2/c1-10-6-11(18)4-5-14(10)22-9-17(2,3)20-16(21)15-12-7-19-8-13(12)15/h4-6,12-13,15,19H,7-9H2,1-3H3,(H,20,21). The van der Waals surface area contributed by atoms with Crippen LogP contribution in [0.15, 0.2) is 22.7 Å². The summed E-state index contributed by atoms with van der Waals surface area (Å²) in [5.74, 6) is 2.33. The third-order valence-corrected chi connectivity index (χ3v) is 5.07. The van der Waals surface area contributed by atoms with Crippen molar-refractivity contribution in [1.82, 2.24) is 10.6 Å². The first kappa shape index (κ1) is 15.8. The first-order valence-corrected chi connectivity index (χ1v) is 8.58. The van der Waals surface area contributed by atoms with Gasteiger partial charge in [-0.25, -0.2) is 0 Å². The lowest BCUT2D eigenvalue weighted by Gasteiger charge is -2.27. The van der Waals surface area contributed by atoms with Gasteiger partial charge in [-0.2, -0.15) is 0 Å². The van der Waals surface area contributed by atoms with E-state index < -0.39 is 0 Å². The smallest absolute Gasteiger partial charge is 0.224 e. The maximum Gasteiger partial charge on any atom is 0.224 e. The van der Waals surface area contributed by atoms with E-state index >= 15 is 0 Å². The van der Waals surface area contributed by atoms with Gasteiger partial charge in [0.25, 0.3) is 0 Å². The van der Waals surface area contributed by atoms with Crippen LogP contribution in [-0.2, 0) is 4.79 Å². The molecule has 1 saturated heterocycles. The van der Waals surface area contributed by atoms with E-state index in [0.717, 1.165) is 28.9 Å². The van der Waals surface area contributed by atoms with E-state index in [4.69, 9.17) is 4.74 Å². The fraction of sp³-hybridized carbons (Fsp3) is 0.588. The van der Waals surface area contributed by atoms with Crippen molar-refractivity contribution >= 4 is 21.8 Å². The number of nitrogens with one attached hydrogen (secondary N) is 2. The summed E-state index contributed by atoms with van der Waals surface area (Å²) in [5.41, 5.74) is 0.709. The van der Waals surface area contributed by atoms with E-state index in [1.165, 1.54) is 0 Å². The minimum atomic E-state index is -0.374. The minimum Gasteiger partial charge on any atom is -0.491 e. The lowest BCUT2D eigenvalue weighted by molar-refractivity contribution is -0.125. The van der Waals surface area contributed by atoms with E-state index in [9.17, 15) is 4.79 Å². The number of hydrogen-bond donors (Lipinski definition) is 2. The van der Waals surface area contributed by atoms with Crippen molar-refractivity contribution < 1.29 is 9.53 Å². The third-order valence-electron chi connectivity index (χ3n) is 4.58. The van der Waals surface area contributed by atoms with Crippen LogP contribution in [-0.4, -0.2) is 31.1 Å². The zero-order valence-electron chi connectivity index (χ0n) is 13.3. The molecule has 1 aromatic carbocycles. The first-order valence-electron chi connectivity index (χ1n) is 7.79. The Labute approximate surface area is 140 Å². The summed E-state index contributed by atoms with van der Waals surface area (Å²) in [6, 6.07) is 5.94. The Balaban J connectivity index is 1.53. The molecule has 3 rings (SSSR count). The van der Waals surface area contributed by atoms with Gasteiger partial charge in [-0.3, -0.25) is 4.79 Å². The highest BCUT2D eigenvalue weighted by Crippen LogP contribution is 2.48. The summed E-state index contributed by atoms with van der Waals surface area (Å²) >= 11 is 3.45. The molecule has 2 unspecified atom stereocenters. The first-order chi connectivity index (χ1) is 10.4. The Morgan fingerprint density at radius 1 is 1.41 bits per heavy atom. The number of halogens is 1. The van der Waals surface area contributed by atoms with Gasteiger partial charge in [0.1, 0.15) is 12.4 Å². The maximum absolute atomic E-state index is 12.4. The van der Waals surface area contributed by atoms with E-state index in [0.29, 0.717) is 18.4 Å². The van der Waals surface area contributed by atoms with E-state index in [2.05, 4.69) is 26.6 Å². The van der Waals surface area contributed by atoms with Crippen molar-refractivity contribution in [2.45, 2.75) is 26.3 Å². The van der Waals surface area contributed by atoms with Crippen LogP contribution in [0.4, 0.5) is 0 Å². The van der Waals surface area contributed by atoms with Crippen LogP contribution in [0, 0.1) is 24.7 Å². The average Bonchev–Trinajstić information content (AvgIpc) is 2.91. The third kappa shape index (κ3) is 3.30. The van der Waals surface area contributed by atoms with Gasteiger partial charge in [-0.15, -0.1) is 0 Å². The molecule has 1 saturated carbocycles. The molecule has 1 aliphatic carbocycles. The fourth-order valence-electron chi connectivity index (χ4n) is 3.29. The number of carbonyl (C=O) groups excluding carboxylic acids is 1. The molecule has 1 heterocycles. The predicted octanol–water partition coefficient (Wildman–Crippen LogP) is 2.50. The van der Waals surface area contributed by atoms with Crippen LogP contribution in [0.5, 0.6) is 5.75 Å². The fourth-order valence-corrected chi connectivity index (χ4v) is 3.77. The van der Waals surface area contributed by atoms with Gasteiger partial charge in [0, 0.05) is 10.4 Å². The van der Waals surface area contributed by atoms with E-state index in [1.54, 1.807) is 0 Å². The highest BCUT2D eigenvalue weighted by Gasteiger charge is 2.57. The van der Waals surface area contributed by atoms with Crippen LogP contribution in [0.3, 0.4) is 0 Å². The number of benzene rings is 1. The largest absolute Gasteiger partial charge is 0.491 e. The van der Waals surface area contributed by atoms with Crippen molar-refractivity contribution in [2.75, 3.05) is 19.7 Å². The Bertz CT molecular complexity index is 578. The average molecular weight is 367 g/mol.